The first-order valence-electron chi connectivity index (χ1n) is 10.4. The minimum atomic E-state index is -0.726. The molecule has 3 rings (SSSR count). The maximum atomic E-state index is 12.3. The summed E-state index contributed by atoms with van der Waals surface area (Å²) in [5.74, 6) is -0.0926. The number of allylic oxidation sites excluding steroid dienone is 1. The summed E-state index contributed by atoms with van der Waals surface area (Å²) in [6.45, 7) is 1.95. The van der Waals surface area contributed by atoms with Crippen molar-refractivity contribution in [1.29, 1.82) is 0 Å². The van der Waals surface area contributed by atoms with Gasteiger partial charge in [-0.25, -0.2) is 9.59 Å². The summed E-state index contributed by atoms with van der Waals surface area (Å²) in [5, 5.41) is 8.11. The molecule has 1 aliphatic rings. The topological polar surface area (TPSA) is 115 Å². The van der Waals surface area contributed by atoms with Crippen molar-refractivity contribution in [3.63, 3.8) is 0 Å². The van der Waals surface area contributed by atoms with E-state index in [1.54, 1.807) is 25.1 Å². The molecule has 1 heterocycles. The number of nitrogens with one attached hydrogen (secondary N) is 3. The van der Waals surface area contributed by atoms with Crippen molar-refractivity contribution in [1.82, 2.24) is 16.0 Å². The van der Waals surface area contributed by atoms with Crippen molar-refractivity contribution >= 4 is 17.9 Å². The second kappa shape index (κ2) is 11.0. The van der Waals surface area contributed by atoms with Crippen LogP contribution in [0.25, 0.3) is 0 Å². The smallest absolute Gasteiger partial charge is 0.337 e. The van der Waals surface area contributed by atoms with Crippen LogP contribution in [-0.2, 0) is 20.7 Å². The third-order valence-electron chi connectivity index (χ3n) is 5.13. The number of urea groups is 1. The van der Waals surface area contributed by atoms with Crippen LogP contribution in [0.2, 0.25) is 0 Å². The highest BCUT2D eigenvalue weighted by atomic mass is 16.5. The number of ether oxygens (including phenoxy) is 3. The van der Waals surface area contributed by atoms with Gasteiger partial charge in [0, 0.05) is 12.2 Å². The summed E-state index contributed by atoms with van der Waals surface area (Å²) in [5.41, 5.74) is 2.42. The van der Waals surface area contributed by atoms with Crippen LogP contribution < -0.4 is 25.4 Å². The summed E-state index contributed by atoms with van der Waals surface area (Å²) in [6, 6.07) is 13.7. The second-order valence-electron chi connectivity index (χ2n) is 7.35. The van der Waals surface area contributed by atoms with Crippen LogP contribution in [0.4, 0.5) is 4.79 Å². The SMILES string of the molecule is COC(=O)C1=C(C)NC(=O)NC1c1ccc(OCC(=O)NCCc2ccccc2)c(OC)c1. The molecule has 174 valence electrons. The molecule has 1 unspecified atom stereocenters. The van der Waals surface area contributed by atoms with E-state index in [0.717, 1.165) is 12.0 Å². The second-order valence-corrected chi connectivity index (χ2v) is 7.35. The summed E-state index contributed by atoms with van der Waals surface area (Å²) < 4.78 is 15.9. The van der Waals surface area contributed by atoms with Gasteiger partial charge in [-0.05, 0) is 36.6 Å². The Labute approximate surface area is 192 Å². The molecule has 1 aliphatic heterocycles. The molecule has 0 bridgehead atoms. The van der Waals surface area contributed by atoms with Crippen molar-refractivity contribution in [2.45, 2.75) is 19.4 Å². The van der Waals surface area contributed by atoms with Crippen LogP contribution in [0.15, 0.2) is 59.8 Å². The van der Waals surface area contributed by atoms with E-state index in [9.17, 15) is 14.4 Å². The molecule has 2 aromatic rings. The van der Waals surface area contributed by atoms with Gasteiger partial charge in [-0.3, -0.25) is 4.79 Å². The maximum Gasteiger partial charge on any atom is 0.337 e. The van der Waals surface area contributed by atoms with Crippen molar-refractivity contribution in [3.8, 4) is 11.5 Å². The molecular weight excluding hydrogens is 426 g/mol. The molecule has 1 atom stereocenters. The van der Waals surface area contributed by atoms with Gasteiger partial charge >= 0.3 is 12.0 Å². The van der Waals surface area contributed by atoms with E-state index in [0.29, 0.717) is 29.3 Å². The van der Waals surface area contributed by atoms with Crippen molar-refractivity contribution in [2.24, 2.45) is 0 Å². The number of carbonyl (C=O) groups excluding carboxylic acids is 3. The van der Waals surface area contributed by atoms with Crippen molar-refractivity contribution in [2.75, 3.05) is 27.4 Å². The zero-order chi connectivity index (χ0) is 23.8. The number of benzene rings is 2. The molecule has 3 amide bonds. The molecule has 33 heavy (non-hydrogen) atoms. The van der Waals surface area contributed by atoms with E-state index in [2.05, 4.69) is 16.0 Å². The van der Waals surface area contributed by atoms with Gasteiger partial charge < -0.3 is 30.2 Å². The lowest BCUT2D eigenvalue weighted by molar-refractivity contribution is -0.136. The highest BCUT2D eigenvalue weighted by Gasteiger charge is 2.32. The van der Waals surface area contributed by atoms with E-state index >= 15 is 0 Å². The maximum absolute atomic E-state index is 12.3. The van der Waals surface area contributed by atoms with Crippen LogP contribution in [0.5, 0.6) is 11.5 Å². The highest BCUT2D eigenvalue weighted by molar-refractivity contribution is 5.95. The molecule has 0 aliphatic carbocycles. The number of rotatable bonds is 9. The summed E-state index contributed by atoms with van der Waals surface area (Å²) in [6.07, 6.45) is 0.724. The quantitative estimate of drug-likeness (QED) is 0.502. The average molecular weight is 453 g/mol. The predicted octanol–water partition coefficient (Wildman–Crippen LogP) is 2.23. The Morgan fingerprint density at radius 2 is 1.82 bits per heavy atom. The number of amides is 3. The Hall–Kier alpha value is -4.01. The average Bonchev–Trinajstić information content (AvgIpc) is 2.82. The van der Waals surface area contributed by atoms with Crippen LogP contribution in [0.3, 0.4) is 0 Å². The Morgan fingerprint density at radius 1 is 1.06 bits per heavy atom. The molecule has 0 aromatic heterocycles. The molecule has 9 nitrogen and oxygen atoms in total. The number of hydrogen-bond donors (Lipinski definition) is 3. The number of esters is 1. The van der Waals surface area contributed by atoms with E-state index in [1.165, 1.54) is 14.2 Å². The van der Waals surface area contributed by atoms with E-state index in [4.69, 9.17) is 14.2 Å². The molecule has 0 saturated heterocycles. The summed E-state index contributed by atoms with van der Waals surface area (Å²) in [4.78, 5) is 36.4. The van der Waals surface area contributed by atoms with Gasteiger partial charge in [-0.1, -0.05) is 36.4 Å². The number of carbonyl (C=O) groups is 3. The lowest BCUT2D eigenvalue weighted by atomic mass is 9.95. The van der Waals surface area contributed by atoms with Crippen LogP contribution in [-0.4, -0.2) is 45.3 Å². The van der Waals surface area contributed by atoms with Gasteiger partial charge in [0.05, 0.1) is 25.8 Å². The van der Waals surface area contributed by atoms with E-state index in [1.807, 2.05) is 30.3 Å². The molecule has 2 aromatic carbocycles. The first-order chi connectivity index (χ1) is 15.9. The normalized spacial score (nSPS) is 15.2. The lowest BCUT2D eigenvalue weighted by Crippen LogP contribution is -2.45. The zero-order valence-corrected chi connectivity index (χ0v) is 18.8. The van der Waals surface area contributed by atoms with E-state index < -0.39 is 18.0 Å². The summed E-state index contributed by atoms with van der Waals surface area (Å²) in [7, 11) is 2.74. The van der Waals surface area contributed by atoms with Crippen LogP contribution in [0.1, 0.15) is 24.1 Å². The van der Waals surface area contributed by atoms with Gasteiger partial charge in [0.2, 0.25) is 0 Å². The molecule has 0 fully saturated rings. The molecule has 3 N–H and O–H groups in total. The Kier molecular flexibility index (Phi) is 7.91. The van der Waals surface area contributed by atoms with E-state index in [-0.39, 0.29) is 18.1 Å². The molecule has 0 radical (unpaired) electrons. The molecular formula is C24H27N3O6. The minimum Gasteiger partial charge on any atom is -0.493 e. The summed E-state index contributed by atoms with van der Waals surface area (Å²) >= 11 is 0. The fraction of sp³-hybridized carbons (Fsp3) is 0.292. The number of methoxy groups -OCH3 is 2. The Balaban J connectivity index is 1.65. The Bertz CT molecular complexity index is 1050. The molecule has 0 saturated carbocycles. The van der Waals surface area contributed by atoms with Gasteiger partial charge in [0.25, 0.3) is 5.91 Å². The first kappa shape index (κ1) is 23.6. The van der Waals surface area contributed by atoms with Gasteiger partial charge in [0.15, 0.2) is 18.1 Å². The van der Waals surface area contributed by atoms with Crippen LogP contribution >= 0.6 is 0 Å². The lowest BCUT2D eigenvalue weighted by Gasteiger charge is -2.28. The molecule has 9 heteroatoms. The number of hydrogen-bond acceptors (Lipinski definition) is 6. The fourth-order valence-corrected chi connectivity index (χ4v) is 3.49. The first-order valence-corrected chi connectivity index (χ1v) is 10.4. The Morgan fingerprint density at radius 3 is 2.52 bits per heavy atom. The molecule has 0 spiro atoms. The predicted molar refractivity (Wildman–Crippen MR) is 121 cm³/mol. The van der Waals surface area contributed by atoms with Gasteiger partial charge in [-0.15, -0.1) is 0 Å². The van der Waals surface area contributed by atoms with Crippen molar-refractivity contribution in [3.05, 3.63) is 70.9 Å². The van der Waals surface area contributed by atoms with Gasteiger partial charge in [-0.2, -0.15) is 0 Å². The monoisotopic (exact) mass is 453 g/mol. The van der Waals surface area contributed by atoms with Crippen molar-refractivity contribution < 1.29 is 28.6 Å². The largest absolute Gasteiger partial charge is 0.493 e. The highest BCUT2D eigenvalue weighted by Crippen LogP contribution is 2.34. The third kappa shape index (κ3) is 6.03. The van der Waals surface area contributed by atoms with Gasteiger partial charge in [0.1, 0.15) is 0 Å². The standard InChI is InChI=1S/C24H27N3O6/c1-15-21(23(29)32-3)22(27-24(30)26-15)17-9-10-18(19(13-17)31-2)33-14-20(28)25-12-11-16-7-5-4-6-8-16/h4-10,13,22H,11-12,14H2,1-3H3,(H,25,28)(H2,26,27,30). The van der Waals surface area contributed by atoms with Crippen LogP contribution in [0, 0.1) is 0 Å². The third-order valence-corrected chi connectivity index (χ3v) is 5.13. The zero-order valence-electron chi connectivity index (χ0n) is 18.8. The minimum absolute atomic E-state index is 0.180. The fourth-order valence-electron chi connectivity index (χ4n) is 3.49.